The fourth-order valence-corrected chi connectivity index (χ4v) is 2.92. The van der Waals surface area contributed by atoms with E-state index in [4.69, 9.17) is 4.74 Å². The minimum absolute atomic E-state index is 0.361. The van der Waals surface area contributed by atoms with Crippen molar-refractivity contribution in [1.82, 2.24) is 0 Å². The highest BCUT2D eigenvalue weighted by molar-refractivity contribution is 9.10. The Morgan fingerprint density at radius 1 is 1.44 bits per heavy atom. The topological polar surface area (TPSA) is 29.5 Å². The minimum atomic E-state index is -0.685. The van der Waals surface area contributed by atoms with Crippen molar-refractivity contribution in [2.45, 2.75) is 19.6 Å². The van der Waals surface area contributed by atoms with E-state index in [0.29, 0.717) is 17.9 Å². The van der Waals surface area contributed by atoms with Crippen LogP contribution in [0.25, 0.3) is 0 Å². The lowest BCUT2D eigenvalue weighted by Gasteiger charge is -2.12. The second kappa shape index (κ2) is 5.82. The van der Waals surface area contributed by atoms with E-state index in [0.717, 1.165) is 9.35 Å². The molecule has 2 aromatic rings. The summed E-state index contributed by atoms with van der Waals surface area (Å²) in [5.41, 5.74) is 0.590. The molecule has 1 atom stereocenters. The largest absolute Gasteiger partial charge is 0.488 e. The van der Waals surface area contributed by atoms with E-state index in [1.165, 1.54) is 12.1 Å². The molecule has 0 saturated heterocycles. The van der Waals surface area contributed by atoms with E-state index in [1.54, 1.807) is 24.3 Å². The molecule has 0 amide bonds. The van der Waals surface area contributed by atoms with E-state index < -0.39 is 6.10 Å². The fourth-order valence-electron chi connectivity index (χ4n) is 1.56. The van der Waals surface area contributed by atoms with Gasteiger partial charge in [-0.15, -0.1) is 11.3 Å². The number of ether oxygens (including phenoxy) is 1. The number of hydrogen-bond acceptors (Lipinski definition) is 3. The first-order valence-corrected chi connectivity index (χ1v) is 7.07. The molecule has 96 valence electrons. The lowest BCUT2D eigenvalue weighted by Crippen LogP contribution is -2.00. The van der Waals surface area contributed by atoms with Gasteiger partial charge in [-0.25, -0.2) is 4.39 Å². The van der Waals surface area contributed by atoms with Gasteiger partial charge < -0.3 is 9.84 Å². The molecule has 0 aliphatic heterocycles. The fraction of sp³-hybridized carbons (Fsp3) is 0.231. The summed E-state index contributed by atoms with van der Waals surface area (Å²) in [6.07, 6.45) is -0.685. The van der Waals surface area contributed by atoms with Crippen LogP contribution < -0.4 is 4.74 Å². The number of halogens is 2. The van der Waals surface area contributed by atoms with E-state index in [1.807, 2.05) is 11.4 Å². The Bertz CT molecular complexity index is 540. The average Bonchev–Trinajstić information content (AvgIpc) is 2.72. The molecule has 0 aliphatic rings. The van der Waals surface area contributed by atoms with E-state index in [-0.39, 0.29) is 5.82 Å². The molecule has 0 saturated carbocycles. The van der Waals surface area contributed by atoms with Crippen molar-refractivity contribution in [3.63, 3.8) is 0 Å². The molecule has 1 aromatic carbocycles. The van der Waals surface area contributed by atoms with Crippen molar-refractivity contribution < 1.29 is 14.2 Å². The highest BCUT2D eigenvalue weighted by Gasteiger charge is 2.11. The number of thiophene rings is 1. The lowest BCUT2D eigenvalue weighted by molar-refractivity contribution is 0.190. The van der Waals surface area contributed by atoms with Crippen LogP contribution in [-0.4, -0.2) is 5.11 Å². The molecular weight excluding hydrogens is 319 g/mol. The van der Waals surface area contributed by atoms with Crippen LogP contribution in [0.5, 0.6) is 5.75 Å². The van der Waals surface area contributed by atoms with Gasteiger partial charge in [0.25, 0.3) is 0 Å². The second-order valence-electron chi connectivity index (χ2n) is 3.88. The summed E-state index contributed by atoms with van der Waals surface area (Å²) in [4.78, 5) is 1.03. The Labute approximate surface area is 117 Å². The third-order valence-corrected chi connectivity index (χ3v) is 4.09. The number of benzene rings is 1. The van der Waals surface area contributed by atoms with Gasteiger partial charge in [-0.2, -0.15) is 0 Å². The van der Waals surface area contributed by atoms with Crippen LogP contribution >= 0.6 is 27.3 Å². The van der Waals surface area contributed by atoms with Crippen molar-refractivity contribution in [3.8, 4) is 5.75 Å². The molecule has 2 nitrogen and oxygen atoms in total. The zero-order valence-corrected chi connectivity index (χ0v) is 12.1. The lowest BCUT2D eigenvalue weighted by atomic mass is 10.1. The quantitative estimate of drug-likeness (QED) is 0.906. The van der Waals surface area contributed by atoms with Crippen molar-refractivity contribution in [2.75, 3.05) is 0 Å². The van der Waals surface area contributed by atoms with Crippen LogP contribution in [0.1, 0.15) is 23.5 Å². The van der Waals surface area contributed by atoms with Gasteiger partial charge in [0, 0.05) is 26.4 Å². The Morgan fingerprint density at radius 3 is 2.83 bits per heavy atom. The number of hydrogen-bond donors (Lipinski definition) is 1. The Balaban J connectivity index is 2.15. The van der Waals surface area contributed by atoms with E-state index in [2.05, 4.69) is 15.9 Å². The Kier molecular flexibility index (Phi) is 4.37. The van der Waals surface area contributed by atoms with Gasteiger partial charge in [0.2, 0.25) is 0 Å². The highest BCUT2D eigenvalue weighted by atomic mass is 79.9. The molecule has 1 heterocycles. The van der Waals surface area contributed by atoms with Gasteiger partial charge in [0.1, 0.15) is 18.2 Å². The number of aliphatic hydroxyl groups is 1. The molecule has 1 aromatic heterocycles. The smallest absolute Gasteiger partial charge is 0.128 e. The Morgan fingerprint density at radius 2 is 2.22 bits per heavy atom. The van der Waals surface area contributed by atoms with Gasteiger partial charge in [-0.3, -0.25) is 0 Å². The molecule has 1 N–H and O–H groups in total. The van der Waals surface area contributed by atoms with Gasteiger partial charge in [-0.05, 0) is 41.1 Å². The average molecular weight is 331 g/mol. The molecule has 0 bridgehead atoms. The standard InChI is InChI=1S/C13H12BrFO2S/c1-8(16)12-3-2-10(15)5-13(12)17-6-11-4-9(14)7-18-11/h2-5,7-8,16H,6H2,1H3. The van der Waals surface area contributed by atoms with Crippen LogP contribution in [0.3, 0.4) is 0 Å². The number of aliphatic hydroxyl groups excluding tert-OH is 1. The van der Waals surface area contributed by atoms with Crippen LogP contribution in [-0.2, 0) is 6.61 Å². The summed E-state index contributed by atoms with van der Waals surface area (Å²) >= 11 is 4.92. The third kappa shape index (κ3) is 3.31. The van der Waals surface area contributed by atoms with Crippen LogP contribution in [0.2, 0.25) is 0 Å². The summed E-state index contributed by atoms with van der Waals surface area (Å²) in [6, 6.07) is 6.10. The molecule has 0 radical (unpaired) electrons. The van der Waals surface area contributed by atoms with Crippen LogP contribution in [0, 0.1) is 5.82 Å². The summed E-state index contributed by atoms with van der Waals surface area (Å²) in [6.45, 7) is 1.99. The molecule has 0 aliphatic carbocycles. The first kappa shape index (κ1) is 13.5. The molecule has 0 spiro atoms. The maximum Gasteiger partial charge on any atom is 0.128 e. The summed E-state index contributed by atoms with van der Waals surface area (Å²) < 4.78 is 19.7. The van der Waals surface area contributed by atoms with Gasteiger partial charge in [-0.1, -0.05) is 0 Å². The maximum absolute atomic E-state index is 13.2. The minimum Gasteiger partial charge on any atom is -0.488 e. The third-order valence-electron chi connectivity index (χ3n) is 2.42. The zero-order valence-electron chi connectivity index (χ0n) is 9.69. The van der Waals surface area contributed by atoms with Crippen molar-refractivity contribution in [1.29, 1.82) is 0 Å². The first-order valence-electron chi connectivity index (χ1n) is 5.39. The summed E-state index contributed by atoms with van der Waals surface area (Å²) in [5.74, 6) is 0.0104. The molecule has 0 fully saturated rings. The van der Waals surface area contributed by atoms with Crippen molar-refractivity contribution >= 4 is 27.3 Å². The normalized spacial score (nSPS) is 12.4. The summed E-state index contributed by atoms with van der Waals surface area (Å²) in [5, 5.41) is 11.5. The molecule has 5 heteroatoms. The van der Waals surface area contributed by atoms with Gasteiger partial charge in [0.05, 0.1) is 6.10 Å². The van der Waals surface area contributed by atoms with E-state index >= 15 is 0 Å². The van der Waals surface area contributed by atoms with Crippen LogP contribution in [0.15, 0.2) is 34.1 Å². The monoisotopic (exact) mass is 330 g/mol. The van der Waals surface area contributed by atoms with Gasteiger partial charge >= 0.3 is 0 Å². The van der Waals surface area contributed by atoms with E-state index in [9.17, 15) is 9.50 Å². The first-order chi connectivity index (χ1) is 8.56. The SMILES string of the molecule is CC(O)c1ccc(F)cc1OCc1cc(Br)cs1. The van der Waals surface area contributed by atoms with Crippen molar-refractivity contribution in [3.05, 3.63) is 50.4 Å². The summed E-state index contributed by atoms with van der Waals surface area (Å²) in [7, 11) is 0. The Hall–Kier alpha value is -0.910. The molecule has 18 heavy (non-hydrogen) atoms. The molecular formula is C13H12BrFO2S. The number of rotatable bonds is 4. The van der Waals surface area contributed by atoms with Gasteiger partial charge in [0.15, 0.2) is 0 Å². The predicted octanol–water partition coefficient (Wildman–Crippen LogP) is 4.28. The molecule has 2 rings (SSSR count). The zero-order chi connectivity index (χ0) is 13.1. The predicted molar refractivity (Wildman–Crippen MR) is 73.4 cm³/mol. The molecule has 1 unspecified atom stereocenters. The highest BCUT2D eigenvalue weighted by Crippen LogP contribution is 2.28. The second-order valence-corrected chi connectivity index (χ2v) is 5.79. The van der Waals surface area contributed by atoms with Crippen molar-refractivity contribution in [2.24, 2.45) is 0 Å². The van der Waals surface area contributed by atoms with Crippen LogP contribution in [0.4, 0.5) is 4.39 Å². The maximum atomic E-state index is 13.2.